The van der Waals surface area contributed by atoms with Gasteiger partial charge in [-0.1, -0.05) is 48.5 Å². The molecule has 0 bridgehead atoms. The smallest absolute Gasteiger partial charge is 0.242 e. The number of aryl methyl sites for hydroxylation is 1. The molecule has 2 aliphatic rings. The third-order valence-corrected chi connectivity index (χ3v) is 5.81. The highest BCUT2D eigenvalue weighted by Crippen LogP contribution is 2.33. The normalized spacial score (nSPS) is 22.0. The number of rotatable bonds is 4. The van der Waals surface area contributed by atoms with Gasteiger partial charge in [0.25, 0.3) is 0 Å². The van der Waals surface area contributed by atoms with E-state index in [1.54, 1.807) is 4.90 Å². The van der Waals surface area contributed by atoms with E-state index >= 15 is 0 Å². The first kappa shape index (κ1) is 17.7. The zero-order valence-corrected chi connectivity index (χ0v) is 15.4. The minimum Gasteiger partial charge on any atom is -0.340 e. The molecule has 5 nitrogen and oxygen atoms in total. The highest BCUT2D eigenvalue weighted by Gasteiger charge is 2.36. The Hall–Kier alpha value is -2.66. The third kappa shape index (κ3) is 3.47. The molecule has 0 saturated carbocycles. The van der Waals surface area contributed by atoms with Crippen LogP contribution in [-0.4, -0.2) is 42.9 Å². The van der Waals surface area contributed by atoms with Crippen molar-refractivity contribution in [3.63, 3.8) is 0 Å². The van der Waals surface area contributed by atoms with Gasteiger partial charge in [0.1, 0.15) is 6.54 Å². The Kier molecular flexibility index (Phi) is 4.94. The maximum atomic E-state index is 13.0. The van der Waals surface area contributed by atoms with Crippen molar-refractivity contribution in [1.29, 1.82) is 0 Å². The summed E-state index contributed by atoms with van der Waals surface area (Å²) in [5.41, 5.74) is 9.22. The quantitative estimate of drug-likeness (QED) is 0.905. The van der Waals surface area contributed by atoms with Crippen LogP contribution in [0.4, 0.5) is 5.69 Å². The van der Waals surface area contributed by atoms with Crippen LogP contribution in [0.15, 0.2) is 54.6 Å². The summed E-state index contributed by atoms with van der Waals surface area (Å²) in [5, 5.41) is 0. The molecule has 4 rings (SSSR count). The van der Waals surface area contributed by atoms with Gasteiger partial charge in [-0.05, 0) is 36.1 Å². The van der Waals surface area contributed by atoms with Gasteiger partial charge in [0.15, 0.2) is 0 Å². The summed E-state index contributed by atoms with van der Waals surface area (Å²) < 4.78 is 0. The molecule has 1 fully saturated rings. The molecule has 0 unspecified atom stereocenters. The Labute approximate surface area is 159 Å². The van der Waals surface area contributed by atoms with Gasteiger partial charge in [0.05, 0.1) is 0 Å². The van der Waals surface area contributed by atoms with Gasteiger partial charge in [-0.2, -0.15) is 0 Å². The molecular formula is C22H25N3O2. The molecule has 0 aliphatic carbocycles. The van der Waals surface area contributed by atoms with E-state index in [1.165, 1.54) is 5.56 Å². The Morgan fingerprint density at radius 3 is 2.52 bits per heavy atom. The van der Waals surface area contributed by atoms with Crippen LogP contribution in [0.25, 0.3) is 0 Å². The van der Waals surface area contributed by atoms with Gasteiger partial charge in [0.2, 0.25) is 11.8 Å². The summed E-state index contributed by atoms with van der Waals surface area (Å²) in [6.45, 7) is 1.97. The fourth-order valence-corrected chi connectivity index (χ4v) is 4.30. The van der Waals surface area contributed by atoms with E-state index in [2.05, 4.69) is 12.1 Å². The van der Waals surface area contributed by atoms with Crippen molar-refractivity contribution in [2.45, 2.75) is 18.8 Å². The van der Waals surface area contributed by atoms with Crippen LogP contribution in [0, 0.1) is 5.92 Å². The lowest BCUT2D eigenvalue weighted by atomic mass is 9.89. The van der Waals surface area contributed by atoms with E-state index in [9.17, 15) is 9.59 Å². The van der Waals surface area contributed by atoms with Crippen LogP contribution >= 0.6 is 0 Å². The second kappa shape index (κ2) is 7.53. The minimum atomic E-state index is -0.00284. The number of anilines is 1. The molecular weight excluding hydrogens is 338 g/mol. The topological polar surface area (TPSA) is 66.6 Å². The Bertz CT molecular complexity index is 836. The Morgan fingerprint density at radius 2 is 1.74 bits per heavy atom. The van der Waals surface area contributed by atoms with E-state index in [-0.39, 0.29) is 30.2 Å². The summed E-state index contributed by atoms with van der Waals surface area (Å²) >= 11 is 0. The molecule has 140 valence electrons. The number of fused-ring (bicyclic) bond motifs is 1. The fourth-order valence-electron chi connectivity index (χ4n) is 4.30. The van der Waals surface area contributed by atoms with E-state index in [0.717, 1.165) is 17.7 Å². The van der Waals surface area contributed by atoms with Gasteiger partial charge >= 0.3 is 0 Å². The van der Waals surface area contributed by atoms with Crippen LogP contribution in [0.1, 0.15) is 23.5 Å². The summed E-state index contributed by atoms with van der Waals surface area (Å²) in [7, 11) is 0. The Balaban J connectivity index is 1.50. The molecule has 2 amide bonds. The molecule has 27 heavy (non-hydrogen) atoms. The molecule has 2 aromatic carbocycles. The molecule has 0 radical (unpaired) electrons. The summed E-state index contributed by atoms with van der Waals surface area (Å²) in [5.74, 6) is 0.526. The molecule has 2 aliphatic heterocycles. The molecule has 5 heteroatoms. The lowest BCUT2D eigenvalue weighted by Gasteiger charge is -2.30. The van der Waals surface area contributed by atoms with Gasteiger partial charge < -0.3 is 15.5 Å². The molecule has 1 saturated heterocycles. The van der Waals surface area contributed by atoms with E-state index in [0.29, 0.717) is 26.1 Å². The first-order valence-corrected chi connectivity index (χ1v) is 9.58. The first-order valence-electron chi connectivity index (χ1n) is 9.58. The van der Waals surface area contributed by atoms with Crippen molar-refractivity contribution in [2.24, 2.45) is 11.7 Å². The number of amides is 2. The first-order chi connectivity index (χ1) is 13.2. The number of carbonyl (C=O) groups excluding carboxylic acids is 2. The van der Waals surface area contributed by atoms with Crippen molar-refractivity contribution in [1.82, 2.24) is 4.90 Å². The van der Waals surface area contributed by atoms with Gasteiger partial charge in [-0.3, -0.25) is 9.59 Å². The maximum Gasteiger partial charge on any atom is 0.242 e. The number of likely N-dealkylation sites (tertiary alicyclic amines) is 1. The second-order valence-corrected chi connectivity index (χ2v) is 7.42. The van der Waals surface area contributed by atoms with Gasteiger partial charge in [-0.25, -0.2) is 0 Å². The van der Waals surface area contributed by atoms with Crippen molar-refractivity contribution in [2.75, 3.05) is 31.1 Å². The lowest BCUT2D eigenvalue weighted by molar-refractivity contribution is -0.130. The summed E-state index contributed by atoms with van der Waals surface area (Å²) in [4.78, 5) is 29.0. The molecule has 2 heterocycles. The van der Waals surface area contributed by atoms with Gasteiger partial charge in [0, 0.05) is 31.1 Å². The van der Waals surface area contributed by atoms with Crippen molar-refractivity contribution in [3.05, 3.63) is 65.7 Å². The number of nitrogens with two attached hydrogens (primary N) is 1. The van der Waals surface area contributed by atoms with E-state index in [4.69, 9.17) is 5.73 Å². The zero-order valence-electron chi connectivity index (χ0n) is 15.4. The van der Waals surface area contributed by atoms with Crippen molar-refractivity contribution < 1.29 is 9.59 Å². The number of carbonyl (C=O) groups is 2. The third-order valence-electron chi connectivity index (χ3n) is 5.81. The standard InChI is InChI=1S/C22H25N3O2/c23-12-18-13-24(14-19(18)16-6-2-1-3-7-16)22(27)15-25-20-9-5-4-8-17(20)10-11-21(25)26/h1-9,18-19H,10-15,23H2/t18-,19+/m1/s1. The molecule has 0 aromatic heterocycles. The van der Waals surface area contributed by atoms with Crippen LogP contribution in [0.3, 0.4) is 0 Å². The Morgan fingerprint density at radius 1 is 1.00 bits per heavy atom. The van der Waals surface area contributed by atoms with Crippen molar-refractivity contribution >= 4 is 17.5 Å². The molecule has 2 N–H and O–H groups in total. The fraction of sp³-hybridized carbons (Fsp3) is 0.364. The van der Waals surface area contributed by atoms with Crippen LogP contribution < -0.4 is 10.6 Å². The summed E-state index contributed by atoms with van der Waals surface area (Å²) in [6, 6.07) is 18.1. The zero-order chi connectivity index (χ0) is 18.8. The molecule has 2 atom stereocenters. The summed E-state index contributed by atoms with van der Waals surface area (Å²) in [6.07, 6.45) is 1.21. The van der Waals surface area contributed by atoms with Gasteiger partial charge in [-0.15, -0.1) is 0 Å². The second-order valence-electron chi connectivity index (χ2n) is 7.42. The number of para-hydroxylation sites is 1. The lowest BCUT2D eigenvalue weighted by Crippen LogP contribution is -2.44. The predicted molar refractivity (Wildman–Crippen MR) is 105 cm³/mol. The number of benzene rings is 2. The van der Waals surface area contributed by atoms with E-state index < -0.39 is 0 Å². The average molecular weight is 363 g/mol. The molecule has 0 spiro atoms. The number of nitrogens with zero attached hydrogens (tertiary/aromatic N) is 2. The monoisotopic (exact) mass is 363 g/mol. The minimum absolute atomic E-state index is 0.00284. The van der Waals surface area contributed by atoms with Crippen LogP contribution in [0.5, 0.6) is 0 Å². The average Bonchev–Trinajstić information content (AvgIpc) is 3.15. The van der Waals surface area contributed by atoms with Crippen molar-refractivity contribution in [3.8, 4) is 0 Å². The molecule has 2 aromatic rings. The number of hydrogen-bond acceptors (Lipinski definition) is 3. The highest BCUT2D eigenvalue weighted by molar-refractivity contribution is 6.01. The largest absolute Gasteiger partial charge is 0.340 e. The predicted octanol–water partition coefficient (Wildman–Crippen LogP) is 2.17. The van der Waals surface area contributed by atoms with Crippen LogP contribution in [-0.2, 0) is 16.0 Å². The maximum absolute atomic E-state index is 13.0. The number of hydrogen-bond donors (Lipinski definition) is 1. The highest BCUT2D eigenvalue weighted by atomic mass is 16.2. The van der Waals surface area contributed by atoms with Crippen LogP contribution in [0.2, 0.25) is 0 Å². The van der Waals surface area contributed by atoms with E-state index in [1.807, 2.05) is 47.4 Å². The SMILES string of the molecule is NC[C@@H]1CN(C(=O)CN2C(=O)CCc3ccccc32)C[C@H]1c1ccccc1.